The Morgan fingerprint density at radius 2 is 1.94 bits per heavy atom. The molecule has 172 valence electrons. The van der Waals surface area contributed by atoms with Crippen LogP contribution < -0.4 is 5.32 Å². The second-order valence-corrected chi connectivity index (χ2v) is 11.0. The standard InChI is InChI=1S/C22H24N6O3S2/c29-20(24-17-6-3-7-19(13-17)33(30,31)27-11-1-2-12-27)15-32-22-26-25-21(28(22)18-8-9-18)16-5-4-10-23-14-16/h3-7,10,13-14,18H,1-2,8-9,11-12,15H2,(H,24,29). The van der Waals surface area contributed by atoms with Crippen molar-refractivity contribution in [1.82, 2.24) is 24.1 Å². The summed E-state index contributed by atoms with van der Waals surface area (Å²) >= 11 is 1.32. The number of anilines is 1. The molecule has 1 amide bonds. The lowest BCUT2D eigenvalue weighted by Crippen LogP contribution is -2.28. The van der Waals surface area contributed by atoms with Crippen molar-refractivity contribution in [3.8, 4) is 11.4 Å². The van der Waals surface area contributed by atoms with E-state index in [0.717, 1.165) is 37.1 Å². The second kappa shape index (κ2) is 9.24. The Morgan fingerprint density at radius 3 is 2.67 bits per heavy atom. The van der Waals surface area contributed by atoms with Crippen molar-refractivity contribution in [2.24, 2.45) is 0 Å². The van der Waals surface area contributed by atoms with E-state index in [4.69, 9.17) is 0 Å². The van der Waals surface area contributed by atoms with E-state index in [1.807, 2.05) is 12.1 Å². The first-order valence-corrected chi connectivity index (χ1v) is 13.3. The molecular weight excluding hydrogens is 460 g/mol. The third kappa shape index (κ3) is 4.80. The van der Waals surface area contributed by atoms with Crippen molar-refractivity contribution in [2.45, 2.75) is 41.8 Å². The lowest BCUT2D eigenvalue weighted by molar-refractivity contribution is -0.113. The van der Waals surface area contributed by atoms with Crippen LogP contribution in [-0.2, 0) is 14.8 Å². The molecule has 1 N–H and O–H groups in total. The van der Waals surface area contributed by atoms with Crippen LogP contribution in [0.4, 0.5) is 5.69 Å². The van der Waals surface area contributed by atoms with Gasteiger partial charge in [-0.2, -0.15) is 4.31 Å². The van der Waals surface area contributed by atoms with Crippen LogP contribution in [0.2, 0.25) is 0 Å². The van der Waals surface area contributed by atoms with Gasteiger partial charge in [0, 0.05) is 42.8 Å². The van der Waals surface area contributed by atoms with Gasteiger partial charge in [-0.05, 0) is 56.0 Å². The minimum atomic E-state index is -3.53. The maximum Gasteiger partial charge on any atom is 0.243 e. The van der Waals surface area contributed by atoms with E-state index in [1.54, 1.807) is 30.6 Å². The summed E-state index contributed by atoms with van der Waals surface area (Å²) in [5.74, 6) is 0.665. The highest BCUT2D eigenvalue weighted by molar-refractivity contribution is 7.99. The SMILES string of the molecule is O=C(CSc1nnc(-c2cccnc2)n1C1CC1)Nc1cccc(S(=O)(=O)N2CCCC2)c1. The fraction of sp³-hybridized carbons (Fsp3) is 0.364. The van der Waals surface area contributed by atoms with Crippen LogP contribution in [0.3, 0.4) is 0 Å². The Morgan fingerprint density at radius 1 is 1.12 bits per heavy atom. The van der Waals surface area contributed by atoms with Gasteiger partial charge in [0.05, 0.1) is 10.6 Å². The molecule has 1 aliphatic carbocycles. The van der Waals surface area contributed by atoms with Crippen LogP contribution in [0.15, 0.2) is 58.8 Å². The fourth-order valence-corrected chi connectivity index (χ4v) is 6.24. The average molecular weight is 485 g/mol. The molecule has 9 nitrogen and oxygen atoms in total. The van der Waals surface area contributed by atoms with Crippen LogP contribution in [0, 0.1) is 0 Å². The number of pyridine rings is 1. The van der Waals surface area contributed by atoms with E-state index in [2.05, 4.69) is 25.1 Å². The molecule has 1 saturated carbocycles. The zero-order valence-corrected chi connectivity index (χ0v) is 19.6. The van der Waals surface area contributed by atoms with Gasteiger partial charge >= 0.3 is 0 Å². The molecule has 11 heteroatoms. The van der Waals surface area contributed by atoms with Gasteiger partial charge in [0.1, 0.15) is 0 Å². The zero-order valence-electron chi connectivity index (χ0n) is 17.9. The Balaban J connectivity index is 1.26. The van der Waals surface area contributed by atoms with Crippen molar-refractivity contribution in [3.05, 3.63) is 48.8 Å². The number of carbonyl (C=O) groups excluding carboxylic acids is 1. The second-order valence-electron chi connectivity index (χ2n) is 8.12. The summed E-state index contributed by atoms with van der Waals surface area (Å²) in [5, 5.41) is 12.1. The first-order chi connectivity index (χ1) is 16.0. The van der Waals surface area contributed by atoms with E-state index in [1.165, 1.54) is 22.1 Å². The van der Waals surface area contributed by atoms with Crippen molar-refractivity contribution in [1.29, 1.82) is 0 Å². The van der Waals surface area contributed by atoms with Gasteiger partial charge < -0.3 is 5.32 Å². The predicted octanol–water partition coefficient (Wildman–Crippen LogP) is 3.19. The summed E-state index contributed by atoms with van der Waals surface area (Å²) in [6.45, 7) is 1.08. The van der Waals surface area contributed by atoms with E-state index in [-0.39, 0.29) is 16.6 Å². The zero-order chi connectivity index (χ0) is 22.8. The maximum atomic E-state index is 12.8. The monoisotopic (exact) mass is 484 g/mol. The molecule has 0 unspecified atom stereocenters. The summed E-state index contributed by atoms with van der Waals surface area (Å²) in [5.41, 5.74) is 1.35. The molecule has 1 aliphatic heterocycles. The fourth-order valence-electron chi connectivity index (χ4n) is 3.87. The first kappa shape index (κ1) is 22.1. The number of amides is 1. The van der Waals surface area contributed by atoms with Crippen molar-refractivity contribution in [3.63, 3.8) is 0 Å². The number of benzene rings is 1. The summed E-state index contributed by atoms with van der Waals surface area (Å²) in [6, 6.07) is 10.6. The highest BCUT2D eigenvalue weighted by Crippen LogP contribution is 2.41. The minimum Gasteiger partial charge on any atom is -0.325 e. The van der Waals surface area contributed by atoms with Gasteiger partial charge in [0.15, 0.2) is 11.0 Å². The predicted molar refractivity (Wildman–Crippen MR) is 125 cm³/mol. The number of hydrogen-bond donors (Lipinski definition) is 1. The Hall–Kier alpha value is -2.76. The molecule has 0 spiro atoms. The quantitative estimate of drug-likeness (QED) is 0.489. The summed E-state index contributed by atoms with van der Waals surface area (Å²) in [4.78, 5) is 17.0. The van der Waals surface area contributed by atoms with Crippen LogP contribution in [0.1, 0.15) is 31.7 Å². The van der Waals surface area contributed by atoms with Crippen molar-refractivity contribution in [2.75, 3.05) is 24.2 Å². The van der Waals surface area contributed by atoms with Gasteiger partial charge in [0.2, 0.25) is 15.9 Å². The third-order valence-electron chi connectivity index (χ3n) is 5.65. The van der Waals surface area contributed by atoms with E-state index in [9.17, 15) is 13.2 Å². The molecule has 1 saturated heterocycles. The van der Waals surface area contributed by atoms with Gasteiger partial charge in [-0.15, -0.1) is 10.2 Å². The normalized spacial score (nSPS) is 16.7. The Labute approximate surface area is 196 Å². The van der Waals surface area contributed by atoms with Crippen molar-refractivity contribution >= 4 is 33.4 Å². The number of thioether (sulfide) groups is 1. The van der Waals surface area contributed by atoms with Gasteiger partial charge in [-0.25, -0.2) is 8.42 Å². The maximum absolute atomic E-state index is 12.8. The Kier molecular flexibility index (Phi) is 6.17. The molecule has 33 heavy (non-hydrogen) atoms. The van der Waals surface area contributed by atoms with Crippen LogP contribution in [0.5, 0.6) is 0 Å². The number of nitrogens with zero attached hydrogens (tertiary/aromatic N) is 5. The summed E-state index contributed by atoms with van der Waals surface area (Å²) < 4.78 is 29.2. The molecule has 2 aromatic heterocycles. The molecule has 1 aromatic carbocycles. The van der Waals surface area contributed by atoms with Crippen LogP contribution in [-0.4, -0.2) is 57.2 Å². The largest absolute Gasteiger partial charge is 0.325 e. The minimum absolute atomic E-state index is 0.140. The smallest absolute Gasteiger partial charge is 0.243 e. The third-order valence-corrected chi connectivity index (χ3v) is 8.49. The summed E-state index contributed by atoms with van der Waals surface area (Å²) in [6.07, 6.45) is 7.34. The number of sulfonamides is 1. The topological polar surface area (TPSA) is 110 Å². The van der Waals surface area contributed by atoms with E-state index >= 15 is 0 Å². The molecule has 2 fully saturated rings. The van der Waals surface area contributed by atoms with Gasteiger partial charge in [0.25, 0.3) is 0 Å². The molecule has 0 bridgehead atoms. The van der Waals surface area contributed by atoms with Gasteiger partial charge in [-0.3, -0.25) is 14.3 Å². The number of carbonyl (C=O) groups is 1. The van der Waals surface area contributed by atoms with Gasteiger partial charge in [-0.1, -0.05) is 17.8 Å². The highest BCUT2D eigenvalue weighted by Gasteiger charge is 2.30. The first-order valence-electron chi connectivity index (χ1n) is 10.9. The van der Waals surface area contributed by atoms with Crippen LogP contribution >= 0.6 is 11.8 Å². The molecule has 2 aliphatic rings. The molecule has 3 heterocycles. The number of hydrogen-bond acceptors (Lipinski definition) is 7. The average Bonchev–Trinajstić information content (AvgIpc) is 3.33. The highest BCUT2D eigenvalue weighted by atomic mass is 32.2. The van der Waals surface area contributed by atoms with Crippen LogP contribution in [0.25, 0.3) is 11.4 Å². The molecule has 0 atom stereocenters. The van der Waals surface area contributed by atoms with Crippen molar-refractivity contribution < 1.29 is 13.2 Å². The van der Waals surface area contributed by atoms with E-state index in [0.29, 0.717) is 30.0 Å². The molecule has 0 radical (unpaired) electrons. The number of aromatic nitrogens is 4. The van der Waals surface area contributed by atoms with E-state index < -0.39 is 10.0 Å². The molecular formula is C22H24N6O3S2. The lowest BCUT2D eigenvalue weighted by Gasteiger charge is -2.16. The molecule has 5 rings (SSSR count). The Bertz CT molecular complexity index is 1250. The molecule has 3 aromatic rings. The number of rotatable bonds is 8. The lowest BCUT2D eigenvalue weighted by atomic mass is 10.3. The number of nitrogens with one attached hydrogen (secondary N) is 1. The summed E-state index contributed by atoms with van der Waals surface area (Å²) in [7, 11) is -3.53.